The Morgan fingerprint density at radius 2 is 2.21 bits per heavy atom. The second-order valence-electron chi connectivity index (χ2n) is 4.31. The van der Waals surface area contributed by atoms with Gasteiger partial charge in [0.25, 0.3) is 0 Å². The molecule has 2 rings (SSSR count). The minimum atomic E-state index is -0.264. The maximum absolute atomic E-state index is 12.3. The molecule has 1 aliphatic rings. The van der Waals surface area contributed by atoms with Crippen LogP contribution in [-0.2, 0) is 0 Å². The van der Waals surface area contributed by atoms with Crippen LogP contribution >= 0.6 is 15.9 Å². The predicted octanol–water partition coefficient (Wildman–Crippen LogP) is 3.34. The quantitative estimate of drug-likeness (QED) is 0.797. The van der Waals surface area contributed by atoms with Gasteiger partial charge in [-0.3, -0.25) is 4.79 Å². The van der Waals surface area contributed by atoms with E-state index in [2.05, 4.69) is 22.0 Å². The Hall–Kier alpha value is -1.54. The van der Waals surface area contributed by atoms with E-state index in [1.807, 2.05) is 6.92 Å². The van der Waals surface area contributed by atoms with Gasteiger partial charge in [0.2, 0.25) is 0 Å². The lowest BCUT2D eigenvalue weighted by atomic mass is 9.92. The molecule has 0 fully saturated rings. The molecule has 0 amide bonds. The summed E-state index contributed by atoms with van der Waals surface area (Å²) in [6, 6.07) is 5.49. The number of halogens is 1. The summed E-state index contributed by atoms with van der Waals surface area (Å²) < 4.78 is 11.7. The van der Waals surface area contributed by atoms with Crippen LogP contribution in [0.15, 0.2) is 16.6 Å². The number of benzene rings is 1. The number of ether oxygens (including phenoxy) is 2. The minimum absolute atomic E-state index is 0.0262. The van der Waals surface area contributed by atoms with Gasteiger partial charge in [0.05, 0.1) is 10.5 Å². The average molecular weight is 324 g/mol. The monoisotopic (exact) mass is 323 g/mol. The Morgan fingerprint density at radius 3 is 2.89 bits per heavy atom. The Kier molecular flexibility index (Phi) is 4.43. The molecular formula is C14H14BrNO3. The van der Waals surface area contributed by atoms with Crippen LogP contribution in [0.4, 0.5) is 0 Å². The van der Waals surface area contributed by atoms with E-state index in [9.17, 15) is 4.79 Å². The van der Waals surface area contributed by atoms with Gasteiger partial charge in [0, 0.05) is 17.9 Å². The molecule has 1 aromatic carbocycles. The fourth-order valence-electron chi connectivity index (χ4n) is 2.02. The SMILES string of the molecule is CCC(CC#N)C(=O)c1cc(Br)c2c(c1)OCCO2. The highest BCUT2D eigenvalue weighted by Gasteiger charge is 2.23. The third-order valence-corrected chi connectivity index (χ3v) is 3.67. The molecule has 1 atom stereocenters. The molecule has 0 N–H and O–H groups in total. The number of carbonyl (C=O) groups excluding carboxylic acids is 1. The fraction of sp³-hybridized carbons (Fsp3) is 0.429. The molecule has 0 aliphatic carbocycles. The number of ketones is 1. The molecule has 0 bridgehead atoms. The highest BCUT2D eigenvalue weighted by molar-refractivity contribution is 9.10. The van der Waals surface area contributed by atoms with E-state index in [-0.39, 0.29) is 18.1 Å². The van der Waals surface area contributed by atoms with E-state index < -0.39 is 0 Å². The third-order valence-electron chi connectivity index (χ3n) is 3.08. The number of nitriles is 1. The zero-order valence-corrected chi connectivity index (χ0v) is 12.2. The Balaban J connectivity index is 2.33. The lowest BCUT2D eigenvalue weighted by Crippen LogP contribution is -2.18. The Labute approximate surface area is 120 Å². The van der Waals surface area contributed by atoms with Gasteiger partial charge >= 0.3 is 0 Å². The van der Waals surface area contributed by atoms with Crippen molar-refractivity contribution < 1.29 is 14.3 Å². The molecule has 0 radical (unpaired) electrons. The Bertz CT molecular complexity index is 536. The molecule has 1 aliphatic heterocycles. The van der Waals surface area contributed by atoms with E-state index in [4.69, 9.17) is 14.7 Å². The first-order valence-electron chi connectivity index (χ1n) is 6.17. The van der Waals surface area contributed by atoms with Gasteiger partial charge in [-0.05, 0) is 34.5 Å². The Morgan fingerprint density at radius 1 is 1.47 bits per heavy atom. The van der Waals surface area contributed by atoms with E-state index in [1.165, 1.54) is 0 Å². The van der Waals surface area contributed by atoms with Gasteiger partial charge in [-0.1, -0.05) is 6.92 Å². The second kappa shape index (κ2) is 6.07. The first kappa shape index (κ1) is 13.9. The molecule has 0 aromatic heterocycles. The first-order chi connectivity index (χ1) is 9.17. The molecule has 1 aromatic rings. The lowest BCUT2D eigenvalue weighted by molar-refractivity contribution is 0.0917. The molecular weight excluding hydrogens is 310 g/mol. The van der Waals surface area contributed by atoms with Gasteiger partial charge in [0.15, 0.2) is 17.3 Å². The smallest absolute Gasteiger partial charge is 0.175 e. The van der Waals surface area contributed by atoms with Crippen LogP contribution in [0.25, 0.3) is 0 Å². The summed E-state index contributed by atoms with van der Waals surface area (Å²) in [5.74, 6) is 0.924. The summed E-state index contributed by atoms with van der Waals surface area (Å²) in [7, 11) is 0. The van der Waals surface area contributed by atoms with Gasteiger partial charge in [0.1, 0.15) is 13.2 Å². The van der Waals surface area contributed by atoms with E-state index >= 15 is 0 Å². The van der Waals surface area contributed by atoms with Crippen molar-refractivity contribution in [2.75, 3.05) is 13.2 Å². The molecule has 0 saturated carbocycles. The number of fused-ring (bicyclic) bond motifs is 1. The summed E-state index contributed by atoms with van der Waals surface area (Å²) in [5, 5.41) is 8.75. The zero-order chi connectivity index (χ0) is 13.8. The molecule has 0 spiro atoms. The van der Waals surface area contributed by atoms with Crippen molar-refractivity contribution in [3.63, 3.8) is 0 Å². The zero-order valence-electron chi connectivity index (χ0n) is 10.6. The second-order valence-corrected chi connectivity index (χ2v) is 5.17. The topological polar surface area (TPSA) is 59.3 Å². The summed E-state index contributed by atoms with van der Waals surface area (Å²) in [4.78, 5) is 12.3. The predicted molar refractivity (Wildman–Crippen MR) is 73.5 cm³/mol. The summed E-state index contributed by atoms with van der Waals surface area (Å²) >= 11 is 3.39. The molecule has 100 valence electrons. The van der Waals surface area contributed by atoms with Gasteiger partial charge in [-0.15, -0.1) is 0 Å². The minimum Gasteiger partial charge on any atom is -0.486 e. The van der Waals surface area contributed by atoms with Crippen LogP contribution in [0.5, 0.6) is 11.5 Å². The summed E-state index contributed by atoms with van der Waals surface area (Å²) in [6.45, 7) is 2.89. The summed E-state index contributed by atoms with van der Waals surface area (Å²) in [6.07, 6.45) is 0.889. The summed E-state index contributed by atoms with van der Waals surface area (Å²) in [5.41, 5.74) is 0.554. The number of carbonyl (C=O) groups is 1. The number of rotatable bonds is 4. The van der Waals surface area contributed by atoms with Crippen molar-refractivity contribution in [2.24, 2.45) is 5.92 Å². The van der Waals surface area contributed by atoms with Crippen LogP contribution in [0, 0.1) is 17.2 Å². The third kappa shape index (κ3) is 2.90. The van der Waals surface area contributed by atoms with Crippen molar-refractivity contribution in [3.8, 4) is 17.6 Å². The largest absolute Gasteiger partial charge is 0.486 e. The highest BCUT2D eigenvalue weighted by Crippen LogP contribution is 2.39. The number of Topliss-reactive ketones (excluding diaryl/α,β-unsaturated/α-hetero) is 1. The van der Waals surface area contributed by atoms with Crippen LogP contribution in [0.1, 0.15) is 30.1 Å². The van der Waals surface area contributed by atoms with Gasteiger partial charge < -0.3 is 9.47 Å². The highest BCUT2D eigenvalue weighted by atomic mass is 79.9. The molecule has 19 heavy (non-hydrogen) atoms. The lowest BCUT2D eigenvalue weighted by Gasteiger charge is -2.21. The van der Waals surface area contributed by atoms with E-state index in [1.54, 1.807) is 12.1 Å². The fourth-order valence-corrected chi connectivity index (χ4v) is 2.58. The van der Waals surface area contributed by atoms with Crippen molar-refractivity contribution in [2.45, 2.75) is 19.8 Å². The van der Waals surface area contributed by atoms with Crippen molar-refractivity contribution in [1.82, 2.24) is 0 Å². The van der Waals surface area contributed by atoms with Gasteiger partial charge in [-0.25, -0.2) is 0 Å². The molecule has 1 unspecified atom stereocenters. The average Bonchev–Trinajstić information content (AvgIpc) is 2.44. The van der Waals surface area contributed by atoms with Crippen LogP contribution < -0.4 is 9.47 Å². The van der Waals surface area contributed by atoms with Crippen molar-refractivity contribution in [3.05, 3.63) is 22.2 Å². The van der Waals surface area contributed by atoms with Crippen molar-refractivity contribution in [1.29, 1.82) is 5.26 Å². The molecule has 4 nitrogen and oxygen atoms in total. The molecule has 5 heteroatoms. The maximum atomic E-state index is 12.3. The van der Waals surface area contributed by atoms with Crippen LogP contribution in [-0.4, -0.2) is 19.0 Å². The van der Waals surface area contributed by atoms with Crippen LogP contribution in [0.3, 0.4) is 0 Å². The number of hydrogen-bond donors (Lipinski definition) is 0. The van der Waals surface area contributed by atoms with Crippen LogP contribution in [0.2, 0.25) is 0 Å². The normalized spacial score (nSPS) is 14.6. The molecule has 1 heterocycles. The standard InChI is InChI=1S/C14H14BrNO3/c1-2-9(3-4-16)13(17)10-7-11(15)14-12(8-10)18-5-6-19-14/h7-9H,2-3,5-6H2,1H3. The number of hydrogen-bond acceptors (Lipinski definition) is 4. The molecule has 0 saturated heterocycles. The van der Waals surface area contributed by atoms with Gasteiger partial charge in [-0.2, -0.15) is 5.26 Å². The first-order valence-corrected chi connectivity index (χ1v) is 6.97. The maximum Gasteiger partial charge on any atom is 0.175 e. The van der Waals surface area contributed by atoms with Crippen molar-refractivity contribution >= 4 is 21.7 Å². The van der Waals surface area contributed by atoms with E-state index in [0.29, 0.717) is 41.2 Å². The number of nitrogens with zero attached hydrogens (tertiary/aromatic N) is 1. The van der Waals surface area contributed by atoms with E-state index in [0.717, 1.165) is 0 Å².